The summed E-state index contributed by atoms with van der Waals surface area (Å²) in [4.78, 5) is 0.0861. The molecule has 3 aromatic rings. The van der Waals surface area contributed by atoms with Crippen LogP contribution in [0.15, 0.2) is 70.2 Å². The Kier molecular flexibility index (Phi) is 5.28. The average molecular weight is 389 g/mol. The van der Waals surface area contributed by atoms with Crippen molar-refractivity contribution in [1.82, 2.24) is 4.72 Å². The number of nitrogens with zero attached hydrogens (tertiary/aromatic N) is 1. The van der Waals surface area contributed by atoms with Crippen molar-refractivity contribution in [2.24, 2.45) is 0 Å². The summed E-state index contributed by atoms with van der Waals surface area (Å²) in [6.07, 6.45) is 1.47. The number of ether oxygens (including phenoxy) is 1. The van der Waals surface area contributed by atoms with Crippen LogP contribution in [-0.4, -0.2) is 8.42 Å². The standard InChI is InChI=1S/C18H13ClN2O4S/c19-17-4-1-5-18(16(17)11-20)25-13-6-8-15(9-7-13)26(22,23)21-12-14-3-2-10-24-14/h1-10,21H,12H2. The lowest BCUT2D eigenvalue weighted by Gasteiger charge is -2.09. The summed E-state index contributed by atoms with van der Waals surface area (Å²) in [5, 5.41) is 9.44. The normalized spacial score (nSPS) is 11.1. The molecule has 0 unspecified atom stereocenters. The van der Waals surface area contributed by atoms with Gasteiger partial charge in [-0.3, -0.25) is 0 Å². The van der Waals surface area contributed by atoms with Crippen LogP contribution in [-0.2, 0) is 16.6 Å². The molecule has 0 atom stereocenters. The summed E-state index contributed by atoms with van der Waals surface area (Å²) in [5.41, 5.74) is 0.214. The first-order chi connectivity index (χ1) is 12.5. The number of furan rings is 1. The van der Waals surface area contributed by atoms with E-state index in [1.165, 1.54) is 30.5 Å². The molecule has 0 bridgehead atoms. The molecule has 2 aromatic carbocycles. The maximum atomic E-state index is 12.3. The topological polar surface area (TPSA) is 92.3 Å². The van der Waals surface area contributed by atoms with E-state index in [9.17, 15) is 8.42 Å². The van der Waals surface area contributed by atoms with Crippen LogP contribution in [0.2, 0.25) is 5.02 Å². The second-order valence-electron chi connectivity index (χ2n) is 5.20. The van der Waals surface area contributed by atoms with Gasteiger partial charge < -0.3 is 9.15 Å². The highest BCUT2D eigenvalue weighted by molar-refractivity contribution is 7.89. The van der Waals surface area contributed by atoms with E-state index in [1.54, 1.807) is 30.3 Å². The minimum absolute atomic E-state index is 0.0572. The SMILES string of the molecule is N#Cc1c(Cl)cccc1Oc1ccc(S(=O)(=O)NCc2ccco2)cc1. The maximum absolute atomic E-state index is 12.3. The molecule has 1 aromatic heterocycles. The molecule has 0 fully saturated rings. The van der Waals surface area contributed by atoms with E-state index in [0.717, 1.165) is 0 Å². The van der Waals surface area contributed by atoms with Crippen molar-refractivity contribution in [3.8, 4) is 17.6 Å². The number of hydrogen-bond donors (Lipinski definition) is 1. The second-order valence-corrected chi connectivity index (χ2v) is 7.38. The van der Waals surface area contributed by atoms with Gasteiger partial charge in [-0.25, -0.2) is 13.1 Å². The number of hydrogen-bond acceptors (Lipinski definition) is 5. The smallest absolute Gasteiger partial charge is 0.240 e. The van der Waals surface area contributed by atoms with Gasteiger partial charge in [-0.15, -0.1) is 0 Å². The summed E-state index contributed by atoms with van der Waals surface area (Å²) >= 11 is 5.96. The first kappa shape index (κ1) is 18.0. The second kappa shape index (κ2) is 7.62. The van der Waals surface area contributed by atoms with Gasteiger partial charge in [0.25, 0.3) is 0 Å². The molecule has 6 nitrogen and oxygen atoms in total. The molecule has 0 aliphatic carbocycles. The number of nitrogens with one attached hydrogen (secondary N) is 1. The molecule has 0 aliphatic heterocycles. The number of sulfonamides is 1. The van der Waals surface area contributed by atoms with Crippen molar-refractivity contribution in [1.29, 1.82) is 5.26 Å². The van der Waals surface area contributed by atoms with Gasteiger partial charge in [0.1, 0.15) is 28.9 Å². The van der Waals surface area contributed by atoms with Crippen LogP contribution >= 0.6 is 11.6 Å². The molecule has 0 amide bonds. The third kappa shape index (κ3) is 4.06. The van der Waals surface area contributed by atoms with Gasteiger partial charge in [-0.05, 0) is 48.5 Å². The molecule has 1 N–H and O–H groups in total. The predicted molar refractivity (Wildman–Crippen MR) is 95.4 cm³/mol. The van der Waals surface area contributed by atoms with Crippen LogP contribution in [0.3, 0.4) is 0 Å². The van der Waals surface area contributed by atoms with Crippen molar-refractivity contribution in [3.05, 3.63) is 77.2 Å². The third-order valence-corrected chi connectivity index (χ3v) is 5.20. The number of halogens is 1. The first-order valence-electron chi connectivity index (χ1n) is 7.48. The van der Waals surface area contributed by atoms with Gasteiger partial charge in [0, 0.05) is 0 Å². The van der Waals surface area contributed by atoms with E-state index < -0.39 is 10.0 Å². The van der Waals surface area contributed by atoms with Crippen molar-refractivity contribution < 1.29 is 17.6 Å². The van der Waals surface area contributed by atoms with Crippen LogP contribution in [0.1, 0.15) is 11.3 Å². The highest BCUT2D eigenvalue weighted by atomic mass is 35.5. The van der Waals surface area contributed by atoms with E-state index in [2.05, 4.69) is 4.72 Å². The van der Waals surface area contributed by atoms with Gasteiger partial charge in [-0.2, -0.15) is 5.26 Å². The minimum Gasteiger partial charge on any atom is -0.468 e. The van der Waals surface area contributed by atoms with Crippen LogP contribution in [0.5, 0.6) is 11.5 Å². The molecule has 132 valence electrons. The third-order valence-electron chi connectivity index (χ3n) is 3.47. The summed E-state index contributed by atoms with van der Waals surface area (Å²) in [6, 6.07) is 16.0. The molecular formula is C18H13ClN2O4S. The van der Waals surface area contributed by atoms with E-state index in [0.29, 0.717) is 17.3 Å². The number of rotatable bonds is 6. The molecule has 0 spiro atoms. The quantitative estimate of drug-likeness (QED) is 0.686. The zero-order valence-corrected chi connectivity index (χ0v) is 14.9. The molecule has 26 heavy (non-hydrogen) atoms. The van der Waals surface area contributed by atoms with Gasteiger partial charge >= 0.3 is 0 Å². The average Bonchev–Trinajstić information content (AvgIpc) is 3.14. The number of benzene rings is 2. The van der Waals surface area contributed by atoms with Gasteiger partial charge in [-0.1, -0.05) is 17.7 Å². The van der Waals surface area contributed by atoms with Crippen LogP contribution < -0.4 is 9.46 Å². The highest BCUT2D eigenvalue weighted by Gasteiger charge is 2.15. The number of nitriles is 1. The van der Waals surface area contributed by atoms with Crippen molar-refractivity contribution in [2.75, 3.05) is 0 Å². The molecule has 0 aliphatic rings. The Bertz CT molecular complexity index is 1040. The fourth-order valence-corrected chi connectivity index (χ4v) is 3.38. The van der Waals surface area contributed by atoms with E-state index in [1.807, 2.05) is 6.07 Å². The fourth-order valence-electron chi connectivity index (χ4n) is 2.17. The lowest BCUT2D eigenvalue weighted by Crippen LogP contribution is -2.22. The zero-order valence-electron chi connectivity index (χ0n) is 13.3. The molecule has 8 heteroatoms. The summed E-state index contributed by atoms with van der Waals surface area (Å²) in [7, 11) is -3.68. The van der Waals surface area contributed by atoms with Crippen LogP contribution in [0.4, 0.5) is 0 Å². The Morgan fingerprint density at radius 3 is 2.54 bits per heavy atom. The zero-order chi connectivity index (χ0) is 18.6. The van der Waals surface area contributed by atoms with E-state index in [4.69, 9.17) is 26.0 Å². The molecule has 0 saturated carbocycles. The lowest BCUT2D eigenvalue weighted by atomic mass is 10.2. The predicted octanol–water partition coefficient (Wildman–Crippen LogP) is 4.08. The Hall–Kier alpha value is -2.79. The molecule has 1 heterocycles. The van der Waals surface area contributed by atoms with E-state index in [-0.39, 0.29) is 22.0 Å². The van der Waals surface area contributed by atoms with Gasteiger partial charge in [0.15, 0.2) is 0 Å². The first-order valence-corrected chi connectivity index (χ1v) is 9.34. The van der Waals surface area contributed by atoms with E-state index >= 15 is 0 Å². The van der Waals surface area contributed by atoms with Crippen molar-refractivity contribution >= 4 is 21.6 Å². The largest absolute Gasteiger partial charge is 0.468 e. The fraction of sp³-hybridized carbons (Fsp3) is 0.0556. The summed E-state index contributed by atoms with van der Waals surface area (Å²) in [6.45, 7) is 0.0572. The maximum Gasteiger partial charge on any atom is 0.240 e. The Labute approximate surface area is 155 Å². The molecule has 0 radical (unpaired) electrons. The Morgan fingerprint density at radius 2 is 1.88 bits per heavy atom. The summed E-state index contributed by atoms with van der Waals surface area (Å²) < 4.78 is 37.8. The van der Waals surface area contributed by atoms with Crippen molar-refractivity contribution in [2.45, 2.75) is 11.4 Å². The molecular weight excluding hydrogens is 376 g/mol. The van der Waals surface area contributed by atoms with Gasteiger partial charge in [0.2, 0.25) is 10.0 Å². The van der Waals surface area contributed by atoms with Crippen LogP contribution in [0, 0.1) is 11.3 Å². The van der Waals surface area contributed by atoms with Crippen LogP contribution in [0.25, 0.3) is 0 Å². The Balaban J connectivity index is 1.74. The molecule has 0 saturated heterocycles. The lowest BCUT2D eigenvalue weighted by molar-refractivity contribution is 0.480. The summed E-state index contributed by atoms with van der Waals surface area (Å²) in [5.74, 6) is 1.19. The highest BCUT2D eigenvalue weighted by Crippen LogP contribution is 2.30. The van der Waals surface area contributed by atoms with Gasteiger partial charge in [0.05, 0.1) is 22.7 Å². The Morgan fingerprint density at radius 1 is 1.12 bits per heavy atom. The van der Waals surface area contributed by atoms with Crippen molar-refractivity contribution in [3.63, 3.8) is 0 Å². The minimum atomic E-state index is -3.68. The molecule has 3 rings (SSSR count). The monoisotopic (exact) mass is 388 g/mol.